The fourth-order valence-corrected chi connectivity index (χ4v) is 4.77. The van der Waals surface area contributed by atoms with E-state index in [0.717, 1.165) is 38.4 Å². The fraction of sp³-hybridized carbons (Fsp3) is 0.667. The zero-order valence-electron chi connectivity index (χ0n) is 19.2. The first-order valence-corrected chi connectivity index (χ1v) is 11.8. The Morgan fingerprint density at radius 2 is 1.84 bits per heavy atom. The topological polar surface area (TPSA) is 69.2 Å². The van der Waals surface area contributed by atoms with E-state index < -0.39 is 0 Å². The summed E-state index contributed by atoms with van der Waals surface area (Å²) in [5, 5.41) is 6.76. The van der Waals surface area contributed by atoms with Crippen molar-refractivity contribution >= 4 is 11.9 Å². The van der Waals surface area contributed by atoms with E-state index in [9.17, 15) is 4.79 Å². The Kier molecular flexibility index (Phi) is 9.15. The van der Waals surface area contributed by atoms with E-state index in [1.165, 1.54) is 32.1 Å². The number of rotatable bonds is 8. The predicted molar refractivity (Wildman–Crippen MR) is 125 cm³/mol. The summed E-state index contributed by atoms with van der Waals surface area (Å²) in [5.74, 6) is 0.775. The quantitative estimate of drug-likeness (QED) is 0.490. The number of amides is 1. The number of benzene rings is 1. The van der Waals surface area contributed by atoms with Gasteiger partial charge in [0.1, 0.15) is 0 Å². The zero-order chi connectivity index (χ0) is 21.9. The molecule has 1 aliphatic heterocycles. The second kappa shape index (κ2) is 12.1. The van der Waals surface area contributed by atoms with Gasteiger partial charge in [0, 0.05) is 45.3 Å². The maximum atomic E-state index is 12.8. The Hall–Kier alpha value is -2.12. The Morgan fingerprint density at radius 1 is 1.13 bits per heavy atom. The molecule has 2 fully saturated rings. The number of nitrogens with one attached hydrogen (secondary N) is 2. The van der Waals surface area contributed by atoms with Crippen LogP contribution in [0.15, 0.2) is 35.3 Å². The van der Waals surface area contributed by atoms with E-state index in [2.05, 4.69) is 32.7 Å². The van der Waals surface area contributed by atoms with Crippen LogP contribution in [0, 0.1) is 0 Å². The van der Waals surface area contributed by atoms with Crippen LogP contribution >= 0.6 is 0 Å². The lowest BCUT2D eigenvalue weighted by Gasteiger charge is -2.48. The minimum atomic E-state index is 0.0786. The van der Waals surface area contributed by atoms with Gasteiger partial charge >= 0.3 is 0 Å². The Labute approximate surface area is 187 Å². The molecule has 1 saturated carbocycles. The smallest absolute Gasteiger partial charge is 0.242 e. The van der Waals surface area contributed by atoms with Gasteiger partial charge in [-0.15, -0.1) is 0 Å². The highest BCUT2D eigenvalue weighted by molar-refractivity contribution is 5.86. The molecule has 1 aliphatic carbocycles. The van der Waals surface area contributed by atoms with Crippen molar-refractivity contribution in [3.05, 3.63) is 35.9 Å². The molecule has 7 heteroatoms. The van der Waals surface area contributed by atoms with Crippen LogP contribution in [-0.4, -0.2) is 80.2 Å². The monoisotopic (exact) mass is 429 g/mol. The summed E-state index contributed by atoms with van der Waals surface area (Å²) in [7, 11) is 1.77. The molecular weight excluding hydrogens is 390 g/mol. The molecule has 1 heterocycles. The second-order valence-corrected chi connectivity index (χ2v) is 8.56. The molecule has 0 atom stereocenters. The summed E-state index contributed by atoms with van der Waals surface area (Å²) in [5.41, 5.74) is 1.30. The van der Waals surface area contributed by atoms with Gasteiger partial charge < -0.3 is 20.3 Å². The number of morpholine rings is 1. The number of carbonyl (C=O) groups is 1. The van der Waals surface area contributed by atoms with E-state index in [0.29, 0.717) is 19.0 Å². The number of nitrogens with zero attached hydrogens (tertiary/aromatic N) is 3. The molecule has 1 aromatic rings. The van der Waals surface area contributed by atoms with Gasteiger partial charge in [-0.1, -0.05) is 49.6 Å². The van der Waals surface area contributed by atoms with Crippen molar-refractivity contribution in [1.29, 1.82) is 0 Å². The summed E-state index contributed by atoms with van der Waals surface area (Å²) in [6.45, 7) is 8.05. The molecule has 172 valence electrons. The number of aliphatic imine (C=N–C) groups is 1. The molecule has 0 radical (unpaired) electrons. The molecule has 0 aromatic heterocycles. The predicted octanol–water partition coefficient (Wildman–Crippen LogP) is 2.24. The van der Waals surface area contributed by atoms with E-state index in [1.54, 1.807) is 7.05 Å². The standard InChI is InChI=1S/C24H39N5O2/c1-3-28(19-21-10-6-4-7-11-21)22(30)18-26-23(25-2)27-20-24(12-8-5-9-13-24)29-14-16-31-17-15-29/h4,6-7,10-11H,3,5,8-9,12-20H2,1-2H3,(H2,25,26,27). The van der Waals surface area contributed by atoms with E-state index >= 15 is 0 Å². The highest BCUT2D eigenvalue weighted by Crippen LogP contribution is 2.33. The highest BCUT2D eigenvalue weighted by Gasteiger charge is 2.38. The minimum absolute atomic E-state index is 0.0786. The molecule has 1 amide bonds. The van der Waals surface area contributed by atoms with E-state index in [4.69, 9.17) is 4.74 Å². The first-order valence-electron chi connectivity index (χ1n) is 11.8. The third-order valence-electron chi connectivity index (χ3n) is 6.63. The number of hydrogen-bond acceptors (Lipinski definition) is 4. The van der Waals surface area contributed by atoms with Crippen LogP contribution in [0.3, 0.4) is 0 Å². The largest absolute Gasteiger partial charge is 0.379 e. The van der Waals surface area contributed by atoms with Crippen molar-refractivity contribution in [2.75, 3.05) is 53.0 Å². The summed E-state index contributed by atoms with van der Waals surface area (Å²) in [6.07, 6.45) is 6.28. The lowest BCUT2D eigenvalue weighted by molar-refractivity contribution is -0.130. The Balaban J connectivity index is 1.52. The number of hydrogen-bond donors (Lipinski definition) is 2. The molecule has 1 aromatic carbocycles. The molecule has 3 rings (SSSR count). The van der Waals surface area contributed by atoms with Crippen LogP contribution in [0.25, 0.3) is 0 Å². The van der Waals surface area contributed by atoms with Crippen LogP contribution < -0.4 is 10.6 Å². The van der Waals surface area contributed by atoms with Gasteiger partial charge in [-0.2, -0.15) is 0 Å². The number of ether oxygens (including phenoxy) is 1. The third kappa shape index (κ3) is 6.68. The second-order valence-electron chi connectivity index (χ2n) is 8.56. The maximum absolute atomic E-state index is 12.8. The molecule has 2 N–H and O–H groups in total. The van der Waals surface area contributed by atoms with Crippen molar-refractivity contribution in [3.63, 3.8) is 0 Å². The van der Waals surface area contributed by atoms with Gasteiger partial charge in [-0.05, 0) is 25.3 Å². The van der Waals surface area contributed by atoms with Crippen LogP contribution in [0.2, 0.25) is 0 Å². The molecule has 0 unspecified atom stereocenters. The van der Waals surface area contributed by atoms with Crippen LogP contribution in [-0.2, 0) is 16.1 Å². The fourth-order valence-electron chi connectivity index (χ4n) is 4.77. The van der Waals surface area contributed by atoms with Crippen molar-refractivity contribution in [2.24, 2.45) is 4.99 Å². The first kappa shape index (κ1) is 23.5. The van der Waals surface area contributed by atoms with Crippen molar-refractivity contribution < 1.29 is 9.53 Å². The van der Waals surface area contributed by atoms with E-state index in [-0.39, 0.29) is 18.0 Å². The van der Waals surface area contributed by atoms with Crippen LogP contribution in [0.1, 0.15) is 44.6 Å². The maximum Gasteiger partial charge on any atom is 0.242 e. The summed E-state index contributed by atoms with van der Waals surface area (Å²) in [4.78, 5) is 21.6. The molecule has 0 spiro atoms. The highest BCUT2D eigenvalue weighted by atomic mass is 16.5. The number of carbonyl (C=O) groups excluding carboxylic acids is 1. The molecule has 2 aliphatic rings. The van der Waals surface area contributed by atoms with Crippen molar-refractivity contribution in [2.45, 2.75) is 51.1 Å². The minimum Gasteiger partial charge on any atom is -0.379 e. The average Bonchev–Trinajstić information content (AvgIpc) is 2.84. The van der Waals surface area contributed by atoms with Gasteiger partial charge in [-0.3, -0.25) is 14.7 Å². The molecule has 31 heavy (non-hydrogen) atoms. The number of likely N-dealkylation sites (N-methyl/N-ethyl adjacent to an activating group) is 1. The lowest BCUT2D eigenvalue weighted by Crippen LogP contribution is -2.60. The summed E-state index contributed by atoms with van der Waals surface area (Å²) >= 11 is 0. The van der Waals surface area contributed by atoms with Crippen LogP contribution in [0.5, 0.6) is 0 Å². The normalized spacial score (nSPS) is 19.6. The van der Waals surface area contributed by atoms with Crippen molar-refractivity contribution in [3.8, 4) is 0 Å². The van der Waals surface area contributed by atoms with Gasteiger partial charge in [-0.25, -0.2) is 0 Å². The average molecular weight is 430 g/mol. The SMILES string of the molecule is CCN(Cc1ccccc1)C(=O)CNC(=NC)NCC1(N2CCOCC2)CCCCC1. The first-order chi connectivity index (χ1) is 15.2. The Bertz CT molecular complexity index is 697. The third-order valence-corrected chi connectivity index (χ3v) is 6.63. The van der Waals surface area contributed by atoms with Crippen LogP contribution in [0.4, 0.5) is 0 Å². The van der Waals surface area contributed by atoms with E-state index in [1.807, 2.05) is 30.0 Å². The summed E-state index contributed by atoms with van der Waals surface area (Å²) < 4.78 is 5.58. The van der Waals surface area contributed by atoms with Gasteiger partial charge in [0.25, 0.3) is 0 Å². The zero-order valence-corrected chi connectivity index (χ0v) is 19.2. The van der Waals surface area contributed by atoms with Gasteiger partial charge in [0.05, 0.1) is 19.8 Å². The van der Waals surface area contributed by atoms with Gasteiger partial charge in [0.2, 0.25) is 5.91 Å². The molecule has 1 saturated heterocycles. The Morgan fingerprint density at radius 3 is 2.48 bits per heavy atom. The van der Waals surface area contributed by atoms with Gasteiger partial charge in [0.15, 0.2) is 5.96 Å². The lowest BCUT2D eigenvalue weighted by atomic mass is 9.80. The van der Waals surface area contributed by atoms with Crippen molar-refractivity contribution in [1.82, 2.24) is 20.4 Å². The number of guanidine groups is 1. The summed E-state index contributed by atoms with van der Waals surface area (Å²) in [6, 6.07) is 10.1. The molecule has 0 bridgehead atoms. The molecular formula is C24H39N5O2. The molecule has 7 nitrogen and oxygen atoms in total.